The van der Waals surface area contributed by atoms with Crippen LogP contribution in [0.15, 0.2) is 0 Å². The average molecular weight is 144 g/mol. The summed E-state index contributed by atoms with van der Waals surface area (Å²) in [5.74, 6) is 1.29. The third-order valence-electron chi connectivity index (χ3n) is 2.18. The second kappa shape index (κ2) is 2.15. The van der Waals surface area contributed by atoms with Crippen LogP contribution in [0.5, 0.6) is 0 Å². The summed E-state index contributed by atoms with van der Waals surface area (Å²) in [7, 11) is 0. The van der Waals surface area contributed by atoms with E-state index in [4.69, 9.17) is 0 Å². The summed E-state index contributed by atoms with van der Waals surface area (Å²) in [4.78, 5) is 0. The van der Waals surface area contributed by atoms with Crippen molar-refractivity contribution in [3.05, 3.63) is 0 Å². The van der Waals surface area contributed by atoms with Crippen molar-refractivity contribution in [1.29, 1.82) is 0 Å². The Morgan fingerprint density at radius 3 is 3.11 bits per heavy atom. The van der Waals surface area contributed by atoms with Gasteiger partial charge in [0, 0.05) is 29.8 Å². The molecule has 0 unspecified atom stereocenters. The van der Waals surface area contributed by atoms with Gasteiger partial charge in [-0.25, -0.2) is 0 Å². The van der Waals surface area contributed by atoms with Gasteiger partial charge in [-0.2, -0.15) is 11.8 Å². The van der Waals surface area contributed by atoms with E-state index in [1.54, 1.807) is 0 Å². The highest BCUT2D eigenvalue weighted by molar-refractivity contribution is 8.00. The Balaban J connectivity index is 2.07. The van der Waals surface area contributed by atoms with E-state index in [0.29, 0.717) is 0 Å². The van der Waals surface area contributed by atoms with E-state index < -0.39 is 0 Å². The molecule has 2 aliphatic rings. The lowest BCUT2D eigenvalue weighted by atomic mass is 10.1. The summed E-state index contributed by atoms with van der Waals surface area (Å²) in [5.41, 5.74) is 0. The van der Waals surface area contributed by atoms with E-state index in [0.717, 1.165) is 24.0 Å². The maximum absolute atomic E-state index is 3.44. The fraction of sp³-hybridized carbons (Fsp3) is 1.00. The summed E-state index contributed by atoms with van der Waals surface area (Å²) in [6, 6.07) is 1.50. The Morgan fingerprint density at radius 1 is 1.44 bits per heavy atom. The largest absolute Gasteiger partial charge is 0.299 e. The van der Waals surface area contributed by atoms with Gasteiger partial charge in [0.1, 0.15) is 0 Å². The third kappa shape index (κ3) is 0.876. The molecule has 0 aromatic rings. The molecule has 0 aliphatic carbocycles. The van der Waals surface area contributed by atoms with Crippen LogP contribution in [0.1, 0.15) is 6.92 Å². The molecule has 52 valence electrons. The van der Waals surface area contributed by atoms with Crippen LogP contribution in [-0.4, -0.2) is 29.8 Å². The molecule has 0 amide bonds. The molecule has 3 heteroatoms. The minimum atomic E-state index is 0.745. The smallest absolute Gasteiger partial charge is 0.0460 e. The highest BCUT2D eigenvalue weighted by Crippen LogP contribution is 2.28. The first kappa shape index (κ1) is 6.01. The predicted octanol–water partition coefficient (Wildman–Crippen LogP) is 0.00920. The van der Waals surface area contributed by atoms with Crippen molar-refractivity contribution in [1.82, 2.24) is 10.6 Å². The Bertz CT molecular complexity index is 118. The molecule has 2 heterocycles. The zero-order chi connectivity index (χ0) is 6.27. The molecule has 0 radical (unpaired) electrons. The molecule has 2 N–H and O–H groups in total. The average Bonchev–Trinajstić information content (AvgIpc) is 2.35. The summed E-state index contributed by atoms with van der Waals surface area (Å²) >= 11 is 2.06. The zero-order valence-electron chi connectivity index (χ0n) is 5.55. The molecule has 0 aromatic carbocycles. The van der Waals surface area contributed by atoms with E-state index in [1.165, 1.54) is 5.75 Å². The highest BCUT2D eigenvalue weighted by Gasteiger charge is 2.36. The number of nitrogens with one attached hydrogen (secondary N) is 2. The third-order valence-corrected chi connectivity index (χ3v) is 3.55. The van der Waals surface area contributed by atoms with Crippen LogP contribution in [0.4, 0.5) is 0 Å². The van der Waals surface area contributed by atoms with Crippen LogP contribution >= 0.6 is 11.8 Å². The molecule has 0 spiro atoms. The minimum Gasteiger partial charge on any atom is -0.299 e. The standard InChI is InChI=1S/C6H12N2S/c1-4-6-5(2-9-4)7-3-8-6/h4-8H,2-3H2,1H3/t4-,5-,6+/m0/s1. The maximum atomic E-state index is 3.44. The number of thioether (sulfide) groups is 1. The van der Waals surface area contributed by atoms with Crippen LogP contribution in [0.3, 0.4) is 0 Å². The summed E-state index contributed by atoms with van der Waals surface area (Å²) < 4.78 is 0. The van der Waals surface area contributed by atoms with E-state index in [1.807, 2.05) is 0 Å². The molecular weight excluding hydrogens is 132 g/mol. The maximum Gasteiger partial charge on any atom is 0.0460 e. The molecule has 0 aromatic heterocycles. The second-order valence-corrected chi connectivity index (χ2v) is 4.17. The zero-order valence-corrected chi connectivity index (χ0v) is 6.37. The topological polar surface area (TPSA) is 24.1 Å². The van der Waals surface area contributed by atoms with Crippen molar-refractivity contribution >= 4 is 11.8 Å². The van der Waals surface area contributed by atoms with Gasteiger partial charge in [-0.15, -0.1) is 0 Å². The molecular formula is C6H12N2S. The van der Waals surface area contributed by atoms with Crippen molar-refractivity contribution in [2.45, 2.75) is 24.3 Å². The van der Waals surface area contributed by atoms with Gasteiger partial charge in [-0.05, 0) is 0 Å². The SMILES string of the molecule is C[C@@H]1SC[C@@H]2NCN[C@@H]21. The van der Waals surface area contributed by atoms with Gasteiger partial charge in [0.05, 0.1) is 0 Å². The molecule has 2 aliphatic heterocycles. The van der Waals surface area contributed by atoms with Gasteiger partial charge in [0.15, 0.2) is 0 Å². The normalized spacial score (nSPS) is 49.7. The summed E-state index contributed by atoms with van der Waals surface area (Å²) in [5, 5.41) is 7.66. The van der Waals surface area contributed by atoms with Crippen molar-refractivity contribution < 1.29 is 0 Å². The van der Waals surface area contributed by atoms with Crippen LogP contribution in [0.25, 0.3) is 0 Å². The van der Waals surface area contributed by atoms with E-state index in [-0.39, 0.29) is 0 Å². The molecule has 2 fully saturated rings. The number of hydrogen-bond donors (Lipinski definition) is 2. The van der Waals surface area contributed by atoms with Gasteiger partial charge >= 0.3 is 0 Å². The lowest BCUT2D eigenvalue weighted by Gasteiger charge is -2.10. The van der Waals surface area contributed by atoms with Crippen LogP contribution in [0.2, 0.25) is 0 Å². The Morgan fingerprint density at radius 2 is 2.33 bits per heavy atom. The lowest BCUT2D eigenvalue weighted by molar-refractivity contribution is 0.568. The quantitative estimate of drug-likeness (QED) is 0.501. The fourth-order valence-corrected chi connectivity index (χ4v) is 2.92. The highest BCUT2D eigenvalue weighted by atomic mass is 32.2. The first-order chi connectivity index (χ1) is 4.38. The van der Waals surface area contributed by atoms with Crippen molar-refractivity contribution in [3.63, 3.8) is 0 Å². The van der Waals surface area contributed by atoms with Crippen LogP contribution in [0, 0.1) is 0 Å². The monoisotopic (exact) mass is 144 g/mol. The Hall–Kier alpha value is 0.270. The van der Waals surface area contributed by atoms with Crippen LogP contribution in [-0.2, 0) is 0 Å². The minimum absolute atomic E-state index is 0.745. The summed E-state index contributed by atoms with van der Waals surface area (Å²) in [6.07, 6.45) is 0. The van der Waals surface area contributed by atoms with Crippen molar-refractivity contribution in [2.24, 2.45) is 0 Å². The van der Waals surface area contributed by atoms with Gasteiger partial charge in [-0.3, -0.25) is 10.6 Å². The fourth-order valence-electron chi connectivity index (χ4n) is 1.59. The van der Waals surface area contributed by atoms with Crippen molar-refractivity contribution in [3.8, 4) is 0 Å². The lowest BCUT2D eigenvalue weighted by Crippen LogP contribution is -2.35. The van der Waals surface area contributed by atoms with Crippen molar-refractivity contribution in [2.75, 3.05) is 12.4 Å². The van der Waals surface area contributed by atoms with Crippen LogP contribution < -0.4 is 10.6 Å². The van der Waals surface area contributed by atoms with E-state index in [2.05, 4.69) is 29.3 Å². The van der Waals surface area contributed by atoms with E-state index in [9.17, 15) is 0 Å². The molecule has 0 saturated carbocycles. The molecule has 2 nitrogen and oxygen atoms in total. The first-order valence-corrected chi connectivity index (χ1v) is 4.51. The predicted molar refractivity (Wildman–Crippen MR) is 40.6 cm³/mol. The number of rotatable bonds is 0. The second-order valence-electron chi connectivity index (χ2n) is 2.76. The first-order valence-electron chi connectivity index (χ1n) is 3.46. The molecule has 9 heavy (non-hydrogen) atoms. The van der Waals surface area contributed by atoms with Gasteiger partial charge in [0.25, 0.3) is 0 Å². The summed E-state index contributed by atoms with van der Waals surface area (Å²) in [6.45, 7) is 3.32. The van der Waals surface area contributed by atoms with E-state index >= 15 is 0 Å². The Kier molecular flexibility index (Phi) is 1.43. The molecule has 3 atom stereocenters. The van der Waals surface area contributed by atoms with Gasteiger partial charge < -0.3 is 0 Å². The van der Waals surface area contributed by atoms with Gasteiger partial charge in [-0.1, -0.05) is 6.92 Å². The number of hydrogen-bond acceptors (Lipinski definition) is 3. The van der Waals surface area contributed by atoms with Gasteiger partial charge in [0.2, 0.25) is 0 Å². The molecule has 2 rings (SSSR count). The molecule has 0 bridgehead atoms. The number of fused-ring (bicyclic) bond motifs is 1. The Labute approximate surface area is 59.8 Å². The molecule has 2 saturated heterocycles.